The van der Waals surface area contributed by atoms with Crippen molar-refractivity contribution in [3.63, 3.8) is 0 Å². The summed E-state index contributed by atoms with van der Waals surface area (Å²) in [5, 5.41) is 11.3. The van der Waals surface area contributed by atoms with Crippen LogP contribution in [-0.4, -0.2) is 15.9 Å². The molecule has 0 saturated carbocycles. The summed E-state index contributed by atoms with van der Waals surface area (Å²) < 4.78 is 14.2. The van der Waals surface area contributed by atoms with Crippen LogP contribution >= 0.6 is 0 Å². The van der Waals surface area contributed by atoms with Crippen LogP contribution in [0.5, 0.6) is 0 Å². The van der Waals surface area contributed by atoms with E-state index in [4.69, 9.17) is 5.73 Å². The van der Waals surface area contributed by atoms with Gasteiger partial charge in [-0.25, -0.2) is 4.39 Å². The van der Waals surface area contributed by atoms with Crippen molar-refractivity contribution >= 4 is 16.6 Å². The first-order valence-electron chi connectivity index (χ1n) is 5.90. The van der Waals surface area contributed by atoms with Crippen molar-refractivity contribution in [1.82, 2.24) is 4.98 Å². The molecule has 2 N–H and O–H groups in total. The number of hydrogen-bond donors (Lipinski definition) is 1. The van der Waals surface area contributed by atoms with Crippen LogP contribution in [0.2, 0.25) is 0 Å². The largest absolute Gasteiger partial charge is 0.327 e. The van der Waals surface area contributed by atoms with E-state index in [2.05, 4.69) is 4.98 Å². The molecule has 0 spiro atoms. The lowest BCUT2D eigenvalue weighted by Crippen LogP contribution is -2.23. The van der Waals surface area contributed by atoms with E-state index in [0.717, 1.165) is 6.07 Å². The Bertz CT molecular complexity index is 643. The molecule has 0 radical (unpaired) electrons. The van der Waals surface area contributed by atoms with Crippen LogP contribution in [0.1, 0.15) is 25.3 Å². The third-order valence-electron chi connectivity index (χ3n) is 3.30. The minimum atomic E-state index is -0.636. The molecule has 0 aliphatic heterocycles. The van der Waals surface area contributed by atoms with Crippen LogP contribution in [0.25, 0.3) is 10.9 Å². The predicted molar refractivity (Wildman–Crippen MR) is 70.4 cm³/mol. The van der Waals surface area contributed by atoms with E-state index in [1.807, 2.05) is 0 Å². The summed E-state index contributed by atoms with van der Waals surface area (Å²) in [5.41, 5.74) is 6.16. The number of nitrogens with zero attached hydrogens (tertiary/aromatic N) is 2. The third-order valence-corrected chi connectivity index (χ3v) is 3.30. The lowest BCUT2D eigenvalue weighted by atomic mass is 9.91. The van der Waals surface area contributed by atoms with E-state index in [1.165, 1.54) is 6.20 Å². The summed E-state index contributed by atoms with van der Waals surface area (Å²) in [6.45, 7) is 3.54. The second-order valence-electron chi connectivity index (χ2n) is 4.60. The van der Waals surface area contributed by atoms with Gasteiger partial charge in [0, 0.05) is 23.7 Å². The number of rotatable bonds is 3. The molecule has 0 bridgehead atoms. The molecule has 100 valence electrons. The van der Waals surface area contributed by atoms with Crippen LogP contribution < -0.4 is 5.73 Å². The first-order chi connectivity index (χ1) is 8.93. The van der Waals surface area contributed by atoms with Crippen molar-refractivity contribution in [3.8, 4) is 0 Å². The van der Waals surface area contributed by atoms with E-state index in [1.54, 1.807) is 26.0 Å². The van der Waals surface area contributed by atoms with E-state index in [9.17, 15) is 14.5 Å². The molecule has 2 unspecified atom stereocenters. The number of pyridine rings is 1. The molecule has 0 amide bonds. The number of nitro benzene ring substituents is 1. The van der Waals surface area contributed by atoms with Crippen LogP contribution in [0.4, 0.5) is 10.1 Å². The quantitative estimate of drug-likeness (QED) is 0.681. The van der Waals surface area contributed by atoms with E-state index >= 15 is 0 Å². The van der Waals surface area contributed by atoms with Crippen molar-refractivity contribution < 1.29 is 9.31 Å². The van der Waals surface area contributed by atoms with Gasteiger partial charge in [-0.1, -0.05) is 6.92 Å². The maximum atomic E-state index is 14.2. The number of nitro groups is 1. The molecule has 1 aromatic heterocycles. The Labute approximate surface area is 109 Å². The maximum absolute atomic E-state index is 14.2. The molecule has 0 aliphatic carbocycles. The molecule has 2 aromatic rings. The van der Waals surface area contributed by atoms with Gasteiger partial charge in [0.1, 0.15) is 5.82 Å². The van der Waals surface area contributed by atoms with Crippen LogP contribution in [0.3, 0.4) is 0 Å². The van der Waals surface area contributed by atoms with Gasteiger partial charge in [-0.05, 0) is 19.1 Å². The van der Waals surface area contributed by atoms with Crippen LogP contribution in [-0.2, 0) is 0 Å². The Kier molecular flexibility index (Phi) is 3.44. The molecule has 19 heavy (non-hydrogen) atoms. The summed E-state index contributed by atoms with van der Waals surface area (Å²) in [6, 6.07) is 3.82. The molecule has 2 rings (SSSR count). The molecular formula is C13H14FN3O2. The van der Waals surface area contributed by atoms with Gasteiger partial charge in [-0.3, -0.25) is 15.1 Å². The summed E-state index contributed by atoms with van der Waals surface area (Å²) in [5.74, 6) is -0.916. The second-order valence-corrected chi connectivity index (χ2v) is 4.60. The zero-order chi connectivity index (χ0) is 14.2. The summed E-state index contributed by atoms with van der Waals surface area (Å²) in [7, 11) is 0. The fourth-order valence-corrected chi connectivity index (χ4v) is 2.06. The van der Waals surface area contributed by atoms with Gasteiger partial charge in [0.05, 0.1) is 21.9 Å². The number of benzene rings is 1. The number of aromatic nitrogens is 1. The van der Waals surface area contributed by atoms with Crippen molar-refractivity contribution in [3.05, 3.63) is 45.9 Å². The SMILES string of the molecule is CC(N)C(C)c1c(F)cc([N+](=O)[O-])c2cccnc12. The lowest BCUT2D eigenvalue weighted by Gasteiger charge is -2.18. The lowest BCUT2D eigenvalue weighted by molar-refractivity contribution is -0.383. The standard InChI is InChI=1S/C13H14FN3O2/c1-7(8(2)15)12-10(14)6-11(17(18)19)9-4-3-5-16-13(9)12/h3-8H,15H2,1-2H3. The Balaban J connectivity index is 2.83. The monoisotopic (exact) mass is 263 g/mol. The molecular weight excluding hydrogens is 249 g/mol. The number of non-ortho nitro benzene ring substituents is 1. The average molecular weight is 263 g/mol. The third kappa shape index (κ3) is 2.26. The zero-order valence-corrected chi connectivity index (χ0v) is 10.6. The normalized spacial score (nSPS) is 14.3. The highest BCUT2D eigenvalue weighted by Gasteiger charge is 2.24. The first kappa shape index (κ1) is 13.4. The predicted octanol–water partition coefficient (Wildman–Crippen LogP) is 2.73. The van der Waals surface area contributed by atoms with Gasteiger partial charge in [0.25, 0.3) is 5.69 Å². The van der Waals surface area contributed by atoms with Crippen molar-refractivity contribution in [2.75, 3.05) is 0 Å². The summed E-state index contributed by atoms with van der Waals surface area (Å²) in [6.07, 6.45) is 1.49. The molecule has 2 atom stereocenters. The van der Waals surface area contributed by atoms with Gasteiger partial charge >= 0.3 is 0 Å². The fourth-order valence-electron chi connectivity index (χ4n) is 2.06. The molecule has 1 heterocycles. The second kappa shape index (κ2) is 4.89. The zero-order valence-electron chi connectivity index (χ0n) is 10.6. The van der Waals surface area contributed by atoms with Gasteiger partial charge in [0.15, 0.2) is 0 Å². The van der Waals surface area contributed by atoms with Crippen LogP contribution in [0, 0.1) is 15.9 Å². The number of hydrogen-bond acceptors (Lipinski definition) is 4. The first-order valence-corrected chi connectivity index (χ1v) is 5.90. The van der Waals surface area contributed by atoms with Gasteiger partial charge in [-0.15, -0.1) is 0 Å². The van der Waals surface area contributed by atoms with E-state index in [0.29, 0.717) is 16.5 Å². The summed E-state index contributed by atoms with van der Waals surface area (Å²) in [4.78, 5) is 14.5. The molecule has 1 aromatic carbocycles. The highest BCUT2D eigenvalue weighted by molar-refractivity contribution is 5.90. The van der Waals surface area contributed by atoms with Gasteiger partial charge in [-0.2, -0.15) is 0 Å². The summed E-state index contributed by atoms with van der Waals surface area (Å²) >= 11 is 0. The Hall–Kier alpha value is -2.08. The van der Waals surface area contributed by atoms with Crippen molar-refractivity contribution in [1.29, 1.82) is 0 Å². The topological polar surface area (TPSA) is 82.0 Å². The minimum Gasteiger partial charge on any atom is -0.327 e. The van der Waals surface area contributed by atoms with Crippen LogP contribution in [0.15, 0.2) is 24.4 Å². The minimum absolute atomic E-state index is 0.277. The van der Waals surface area contributed by atoms with Crippen molar-refractivity contribution in [2.45, 2.75) is 25.8 Å². The Morgan fingerprint density at radius 1 is 1.47 bits per heavy atom. The van der Waals surface area contributed by atoms with Gasteiger partial charge in [0.2, 0.25) is 0 Å². The fraction of sp³-hybridized carbons (Fsp3) is 0.308. The average Bonchev–Trinajstić information content (AvgIpc) is 2.36. The number of halogens is 1. The molecule has 5 nitrogen and oxygen atoms in total. The van der Waals surface area contributed by atoms with E-state index < -0.39 is 10.7 Å². The van der Waals surface area contributed by atoms with E-state index in [-0.39, 0.29) is 17.6 Å². The smallest absolute Gasteiger partial charge is 0.281 e. The maximum Gasteiger partial charge on any atom is 0.281 e. The highest BCUT2D eigenvalue weighted by Crippen LogP contribution is 2.34. The van der Waals surface area contributed by atoms with Gasteiger partial charge < -0.3 is 5.73 Å². The highest BCUT2D eigenvalue weighted by atomic mass is 19.1. The molecule has 0 aliphatic rings. The van der Waals surface area contributed by atoms with Crippen molar-refractivity contribution in [2.24, 2.45) is 5.73 Å². The number of nitrogens with two attached hydrogens (primary N) is 1. The molecule has 0 saturated heterocycles. The number of fused-ring (bicyclic) bond motifs is 1. The molecule has 0 fully saturated rings. The Morgan fingerprint density at radius 3 is 2.74 bits per heavy atom. The Morgan fingerprint density at radius 2 is 2.16 bits per heavy atom. The molecule has 6 heteroatoms.